The van der Waals surface area contributed by atoms with Crippen molar-refractivity contribution >= 4 is 23.7 Å². The normalized spacial score (nSPS) is 22.6. The van der Waals surface area contributed by atoms with Gasteiger partial charge in [0, 0.05) is 6.21 Å². The number of aliphatic imine (C=N–C) groups is 1. The number of aliphatic carboxylic acids is 1. The van der Waals surface area contributed by atoms with Gasteiger partial charge in [0.05, 0.1) is 11.1 Å². The highest BCUT2D eigenvalue weighted by Crippen LogP contribution is 2.40. The summed E-state index contributed by atoms with van der Waals surface area (Å²) in [5.74, 6) is -1.26. The van der Waals surface area contributed by atoms with Gasteiger partial charge in [-0.2, -0.15) is 0 Å². The van der Waals surface area contributed by atoms with Crippen LogP contribution in [0.3, 0.4) is 0 Å². The van der Waals surface area contributed by atoms with Crippen molar-refractivity contribution < 1.29 is 14.7 Å². The molecule has 0 amide bonds. The van der Waals surface area contributed by atoms with E-state index in [2.05, 4.69) is 4.99 Å². The highest BCUT2D eigenvalue weighted by molar-refractivity contribution is 6.09. The molecule has 0 fully saturated rings. The molecule has 0 spiro atoms. The van der Waals surface area contributed by atoms with Crippen molar-refractivity contribution in [3.8, 4) is 0 Å². The molecular formula is C13H14N2O3. The fourth-order valence-electron chi connectivity index (χ4n) is 2.23. The predicted molar refractivity (Wildman–Crippen MR) is 67.2 cm³/mol. The number of para-hydroxylation sites is 1. The quantitative estimate of drug-likeness (QED) is 0.829. The molecule has 1 aliphatic heterocycles. The maximum absolute atomic E-state index is 11.9. The molecule has 0 saturated heterocycles. The van der Waals surface area contributed by atoms with Crippen LogP contribution in [0.5, 0.6) is 0 Å². The number of carbonyl (C=O) groups is 2. The zero-order valence-corrected chi connectivity index (χ0v) is 9.96. The van der Waals surface area contributed by atoms with E-state index < -0.39 is 17.4 Å². The molecule has 5 heteroatoms. The number of hydrogen-bond acceptors (Lipinski definition) is 4. The van der Waals surface area contributed by atoms with Crippen LogP contribution in [0.4, 0.5) is 5.69 Å². The standard InChI is InChI=1S/C13H14N2O3/c1-8(16)13(6-10(14)12(17)18)7-15-11-5-3-2-4-9(11)13/h2-5,7,10H,6,14H2,1H3,(H,17,18). The molecule has 2 unspecified atom stereocenters. The Hall–Kier alpha value is -2.01. The summed E-state index contributed by atoms with van der Waals surface area (Å²) in [7, 11) is 0. The van der Waals surface area contributed by atoms with Crippen LogP contribution in [0.25, 0.3) is 0 Å². The van der Waals surface area contributed by atoms with Gasteiger partial charge in [0.15, 0.2) is 0 Å². The smallest absolute Gasteiger partial charge is 0.320 e. The summed E-state index contributed by atoms with van der Waals surface area (Å²) < 4.78 is 0. The zero-order chi connectivity index (χ0) is 13.3. The van der Waals surface area contributed by atoms with Gasteiger partial charge < -0.3 is 10.8 Å². The van der Waals surface area contributed by atoms with Gasteiger partial charge in [0.1, 0.15) is 11.8 Å². The number of carbonyl (C=O) groups excluding carboxylic acids is 1. The van der Waals surface area contributed by atoms with Crippen LogP contribution in [0.2, 0.25) is 0 Å². The number of rotatable bonds is 4. The van der Waals surface area contributed by atoms with Crippen LogP contribution in [-0.2, 0) is 15.0 Å². The van der Waals surface area contributed by atoms with Gasteiger partial charge in [0.25, 0.3) is 0 Å². The Kier molecular flexibility index (Phi) is 3.00. The van der Waals surface area contributed by atoms with Gasteiger partial charge in [-0.05, 0) is 25.0 Å². The largest absolute Gasteiger partial charge is 0.480 e. The summed E-state index contributed by atoms with van der Waals surface area (Å²) in [5.41, 5.74) is 5.99. The van der Waals surface area contributed by atoms with Crippen LogP contribution >= 0.6 is 0 Å². The third kappa shape index (κ3) is 1.82. The lowest BCUT2D eigenvalue weighted by atomic mass is 9.74. The van der Waals surface area contributed by atoms with Gasteiger partial charge in [-0.3, -0.25) is 14.6 Å². The number of benzene rings is 1. The first-order valence-corrected chi connectivity index (χ1v) is 5.61. The van der Waals surface area contributed by atoms with Gasteiger partial charge in [-0.15, -0.1) is 0 Å². The van der Waals surface area contributed by atoms with E-state index in [-0.39, 0.29) is 12.2 Å². The molecule has 1 aromatic rings. The molecule has 2 rings (SSSR count). The molecule has 94 valence electrons. The van der Waals surface area contributed by atoms with Crippen molar-refractivity contribution in [3.63, 3.8) is 0 Å². The van der Waals surface area contributed by atoms with E-state index in [9.17, 15) is 9.59 Å². The molecule has 5 nitrogen and oxygen atoms in total. The summed E-state index contributed by atoms with van der Waals surface area (Å²) in [5, 5.41) is 8.91. The van der Waals surface area contributed by atoms with E-state index in [1.165, 1.54) is 13.1 Å². The summed E-state index contributed by atoms with van der Waals surface area (Å²) >= 11 is 0. The van der Waals surface area contributed by atoms with Gasteiger partial charge >= 0.3 is 5.97 Å². The second-order valence-corrected chi connectivity index (χ2v) is 4.45. The lowest BCUT2D eigenvalue weighted by Gasteiger charge is -2.26. The van der Waals surface area contributed by atoms with Gasteiger partial charge in [-0.1, -0.05) is 18.2 Å². The number of nitrogens with zero attached hydrogens (tertiary/aromatic N) is 1. The summed E-state index contributed by atoms with van der Waals surface area (Å²) in [6.45, 7) is 1.43. The molecule has 3 N–H and O–H groups in total. The van der Waals surface area contributed by atoms with Gasteiger partial charge in [0.2, 0.25) is 0 Å². The first-order valence-electron chi connectivity index (χ1n) is 5.61. The lowest BCUT2D eigenvalue weighted by Crippen LogP contribution is -2.43. The van der Waals surface area contributed by atoms with E-state index in [4.69, 9.17) is 10.8 Å². The second-order valence-electron chi connectivity index (χ2n) is 4.45. The molecule has 0 bridgehead atoms. The molecule has 0 saturated carbocycles. The minimum Gasteiger partial charge on any atom is -0.480 e. The van der Waals surface area contributed by atoms with E-state index in [1.54, 1.807) is 18.2 Å². The topological polar surface area (TPSA) is 92.8 Å². The Morgan fingerprint density at radius 1 is 1.44 bits per heavy atom. The predicted octanol–water partition coefficient (Wildman–Crippen LogP) is 1.03. The molecule has 0 aliphatic carbocycles. The monoisotopic (exact) mass is 246 g/mol. The first kappa shape index (κ1) is 12.4. The number of nitrogens with two attached hydrogens (primary N) is 1. The van der Waals surface area contributed by atoms with Crippen molar-refractivity contribution in [2.45, 2.75) is 24.8 Å². The number of hydrogen-bond donors (Lipinski definition) is 2. The molecule has 1 heterocycles. The second kappa shape index (κ2) is 4.34. The lowest BCUT2D eigenvalue weighted by molar-refractivity contribution is -0.139. The fourth-order valence-corrected chi connectivity index (χ4v) is 2.23. The zero-order valence-electron chi connectivity index (χ0n) is 9.96. The molecular weight excluding hydrogens is 232 g/mol. The molecule has 0 aromatic heterocycles. The van der Waals surface area contributed by atoms with E-state index in [0.29, 0.717) is 5.69 Å². The van der Waals surface area contributed by atoms with Crippen LogP contribution in [0.1, 0.15) is 18.9 Å². The Bertz CT molecular complexity index is 539. The van der Waals surface area contributed by atoms with E-state index >= 15 is 0 Å². The van der Waals surface area contributed by atoms with Crippen molar-refractivity contribution in [3.05, 3.63) is 29.8 Å². The number of ketones is 1. The average Bonchev–Trinajstić information content (AvgIpc) is 2.70. The average molecular weight is 246 g/mol. The first-order chi connectivity index (χ1) is 8.47. The number of fused-ring (bicyclic) bond motifs is 1. The van der Waals surface area contributed by atoms with Crippen molar-refractivity contribution in [1.29, 1.82) is 0 Å². The van der Waals surface area contributed by atoms with Crippen molar-refractivity contribution in [1.82, 2.24) is 0 Å². The van der Waals surface area contributed by atoms with Crippen LogP contribution in [0.15, 0.2) is 29.3 Å². The van der Waals surface area contributed by atoms with Crippen LogP contribution in [0, 0.1) is 0 Å². The molecule has 1 aromatic carbocycles. The van der Waals surface area contributed by atoms with E-state index in [1.807, 2.05) is 6.07 Å². The Balaban J connectivity index is 2.46. The van der Waals surface area contributed by atoms with Crippen molar-refractivity contribution in [2.75, 3.05) is 0 Å². The van der Waals surface area contributed by atoms with Crippen molar-refractivity contribution in [2.24, 2.45) is 10.7 Å². The third-order valence-electron chi connectivity index (χ3n) is 3.30. The maximum atomic E-state index is 11.9. The third-order valence-corrected chi connectivity index (χ3v) is 3.30. The molecule has 18 heavy (non-hydrogen) atoms. The summed E-state index contributed by atoms with van der Waals surface area (Å²) in [6.07, 6.45) is 1.54. The number of carboxylic acids is 1. The Morgan fingerprint density at radius 3 is 2.72 bits per heavy atom. The Labute approximate surface area is 104 Å². The minimum absolute atomic E-state index is 0.0260. The fraction of sp³-hybridized carbons (Fsp3) is 0.308. The molecule has 0 radical (unpaired) electrons. The number of Topliss-reactive ketones (excluding diaryl/α,β-unsaturated/α-hetero) is 1. The summed E-state index contributed by atoms with van der Waals surface area (Å²) in [4.78, 5) is 27.0. The molecule has 1 aliphatic rings. The highest BCUT2D eigenvalue weighted by atomic mass is 16.4. The van der Waals surface area contributed by atoms with Crippen LogP contribution < -0.4 is 5.73 Å². The Morgan fingerprint density at radius 2 is 2.11 bits per heavy atom. The van der Waals surface area contributed by atoms with E-state index in [0.717, 1.165) is 5.56 Å². The maximum Gasteiger partial charge on any atom is 0.320 e. The molecule has 2 atom stereocenters. The van der Waals surface area contributed by atoms with Crippen LogP contribution in [-0.4, -0.2) is 29.1 Å². The highest BCUT2D eigenvalue weighted by Gasteiger charge is 2.43. The van der Waals surface area contributed by atoms with Gasteiger partial charge in [-0.25, -0.2) is 0 Å². The SMILES string of the molecule is CC(=O)C1(CC(N)C(=O)O)C=Nc2ccccc21. The summed E-state index contributed by atoms with van der Waals surface area (Å²) in [6, 6.07) is 6.12. The minimum atomic E-state index is -1.12. The number of carboxylic acid groups (broad SMARTS) is 1.